The van der Waals surface area contributed by atoms with Gasteiger partial charge < -0.3 is 14.2 Å². The van der Waals surface area contributed by atoms with Crippen LogP contribution in [0.5, 0.6) is 17.2 Å². The average molecular weight is 510 g/mol. The largest absolute Gasteiger partial charge is 0.497 e. The SMILES string of the molecule is C=CCOc1ccc(/C=N\NC(=O)CN(c2cccc(OC)c2)S(=O)(=O)c2ccccc2)cc1OC. The first kappa shape index (κ1) is 26.3. The van der Waals surface area contributed by atoms with Crippen LogP contribution >= 0.6 is 0 Å². The average Bonchev–Trinajstić information content (AvgIpc) is 2.91. The van der Waals surface area contributed by atoms with Crippen LogP contribution in [0.3, 0.4) is 0 Å². The zero-order valence-corrected chi connectivity index (χ0v) is 20.8. The molecule has 3 aromatic rings. The summed E-state index contributed by atoms with van der Waals surface area (Å²) in [6.07, 6.45) is 3.04. The summed E-state index contributed by atoms with van der Waals surface area (Å²) in [5.41, 5.74) is 3.29. The summed E-state index contributed by atoms with van der Waals surface area (Å²) in [6, 6.07) is 19.5. The van der Waals surface area contributed by atoms with Gasteiger partial charge in [0.25, 0.3) is 15.9 Å². The Bertz CT molecular complexity index is 1330. The summed E-state index contributed by atoms with van der Waals surface area (Å²) in [7, 11) is -1.06. The predicted octanol–water partition coefficient (Wildman–Crippen LogP) is 3.61. The third-order valence-electron chi connectivity index (χ3n) is 4.91. The van der Waals surface area contributed by atoms with Gasteiger partial charge in [0, 0.05) is 6.07 Å². The van der Waals surface area contributed by atoms with Crippen LogP contribution in [0.2, 0.25) is 0 Å². The van der Waals surface area contributed by atoms with E-state index >= 15 is 0 Å². The number of benzene rings is 3. The van der Waals surface area contributed by atoms with E-state index in [9.17, 15) is 13.2 Å². The molecule has 3 aromatic carbocycles. The first-order valence-corrected chi connectivity index (χ1v) is 12.3. The van der Waals surface area contributed by atoms with Crippen LogP contribution in [-0.2, 0) is 14.8 Å². The van der Waals surface area contributed by atoms with Crippen LogP contribution in [-0.4, -0.2) is 47.9 Å². The van der Waals surface area contributed by atoms with Gasteiger partial charge >= 0.3 is 0 Å². The van der Waals surface area contributed by atoms with Crippen molar-refractivity contribution >= 4 is 27.8 Å². The second-order valence-corrected chi connectivity index (χ2v) is 9.19. The van der Waals surface area contributed by atoms with Gasteiger partial charge in [0.05, 0.1) is 31.0 Å². The van der Waals surface area contributed by atoms with Crippen molar-refractivity contribution < 1.29 is 27.4 Å². The molecule has 0 aliphatic rings. The fraction of sp³-hybridized carbons (Fsp3) is 0.154. The second kappa shape index (κ2) is 12.4. The molecule has 9 nitrogen and oxygen atoms in total. The first-order chi connectivity index (χ1) is 17.4. The van der Waals surface area contributed by atoms with Gasteiger partial charge in [-0.3, -0.25) is 9.10 Å². The van der Waals surface area contributed by atoms with Crippen molar-refractivity contribution in [3.05, 3.63) is 91.0 Å². The molecule has 0 radical (unpaired) electrons. The van der Waals surface area contributed by atoms with Gasteiger partial charge in [0.2, 0.25) is 0 Å². The highest BCUT2D eigenvalue weighted by atomic mass is 32.2. The van der Waals surface area contributed by atoms with Crippen molar-refractivity contribution in [1.82, 2.24) is 5.43 Å². The summed E-state index contributed by atoms with van der Waals surface area (Å²) in [5.74, 6) is 0.851. The van der Waals surface area contributed by atoms with Crippen molar-refractivity contribution in [3.63, 3.8) is 0 Å². The molecule has 0 unspecified atom stereocenters. The van der Waals surface area contributed by atoms with Crippen LogP contribution in [0.25, 0.3) is 0 Å². The lowest BCUT2D eigenvalue weighted by Crippen LogP contribution is -2.39. The van der Waals surface area contributed by atoms with E-state index in [1.165, 1.54) is 32.6 Å². The molecule has 3 rings (SSSR count). The first-order valence-electron chi connectivity index (χ1n) is 10.8. The number of rotatable bonds is 12. The molecule has 0 aliphatic heterocycles. The quantitative estimate of drug-likeness (QED) is 0.227. The minimum Gasteiger partial charge on any atom is -0.497 e. The normalized spacial score (nSPS) is 11.1. The Balaban J connectivity index is 1.79. The van der Waals surface area contributed by atoms with Crippen LogP contribution < -0.4 is 23.9 Å². The number of amides is 1. The van der Waals surface area contributed by atoms with E-state index in [2.05, 4.69) is 17.1 Å². The predicted molar refractivity (Wildman–Crippen MR) is 138 cm³/mol. The van der Waals surface area contributed by atoms with Gasteiger partial charge in [-0.25, -0.2) is 13.8 Å². The highest BCUT2D eigenvalue weighted by molar-refractivity contribution is 7.92. The molecule has 188 valence electrons. The zero-order chi connectivity index (χ0) is 26.0. The maximum atomic E-state index is 13.4. The van der Waals surface area contributed by atoms with Gasteiger partial charge in [-0.1, -0.05) is 36.9 Å². The number of nitrogens with one attached hydrogen (secondary N) is 1. The lowest BCUT2D eigenvalue weighted by atomic mass is 10.2. The molecule has 0 aliphatic carbocycles. The number of carbonyl (C=O) groups is 1. The van der Waals surface area contributed by atoms with E-state index in [4.69, 9.17) is 14.2 Å². The Morgan fingerprint density at radius 2 is 1.78 bits per heavy atom. The number of sulfonamides is 1. The summed E-state index contributed by atoms with van der Waals surface area (Å²) in [4.78, 5) is 12.8. The van der Waals surface area contributed by atoms with Gasteiger partial charge in [0.15, 0.2) is 11.5 Å². The molecule has 1 amide bonds. The van der Waals surface area contributed by atoms with E-state index in [1.807, 2.05) is 0 Å². The molecule has 0 saturated heterocycles. The smallest absolute Gasteiger partial charge is 0.264 e. The summed E-state index contributed by atoms with van der Waals surface area (Å²) < 4.78 is 43.8. The van der Waals surface area contributed by atoms with Crippen LogP contribution in [0.1, 0.15) is 5.56 Å². The van der Waals surface area contributed by atoms with Crippen molar-refractivity contribution in [2.24, 2.45) is 5.10 Å². The number of methoxy groups -OCH3 is 2. The molecule has 0 fully saturated rings. The van der Waals surface area contributed by atoms with Crippen molar-refractivity contribution in [3.8, 4) is 17.2 Å². The summed E-state index contributed by atoms with van der Waals surface area (Å²) in [6.45, 7) is 3.44. The molecule has 36 heavy (non-hydrogen) atoms. The molecular weight excluding hydrogens is 482 g/mol. The Hall–Kier alpha value is -4.31. The third-order valence-corrected chi connectivity index (χ3v) is 6.70. The van der Waals surface area contributed by atoms with Crippen molar-refractivity contribution in [2.45, 2.75) is 4.90 Å². The Morgan fingerprint density at radius 3 is 2.47 bits per heavy atom. The number of nitrogens with zero attached hydrogens (tertiary/aromatic N) is 2. The van der Waals surface area contributed by atoms with Crippen LogP contribution in [0, 0.1) is 0 Å². The molecule has 0 aromatic heterocycles. The monoisotopic (exact) mass is 509 g/mol. The molecule has 10 heteroatoms. The van der Waals surface area contributed by atoms with E-state index in [1.54, 1.807) is 66.7 Å². The van der Waals surface area contributed by atoms with Gasteiger partial charge in [-0.15, -0.1) is 0 Å². The van der Waals surface area contributed by atoms with Crippen molar-refractivity contribution in [2.75, 3.05) is 31.7 Å². The van der Waals surface area contributed by atoms with Crippen LogP contribution in [0.15, 0.2) is 95.4 Å². The number of hydrazone groups is 1. The summed E-state index contributed by atoms with van der Waals surface area (Å²) >= 11 is 0. The standard InChI is InChI=1S/C26H27N3O6S/c1-4-15-35-24-14-13-20(16-25(24)34-3)18-27-28-26(30)19-29(21-9-8-10-22(17-21)33-2)36(31,32)23-11-6-5-7-12-23/h4-14,16-18H,1,15,19H2,2-3H3,(H,28,30)/b27-18-. The van der Waals surface area contributed by atoms with Gasteiger partial charge in [0.1, 0.15) is 18.9 Å². The topological polar surface area (TPSA) is 107 Å². The molecule has 0 heterocycles. The highest BCUT2D eigenvalue weighted by Gasteiger charge is 2.27. The van der Waals surface area contributed by atoms with Crippen molar-refractivity contribution in [1.29, 1.82) is 0 Å². The van der Waals surface area contributed by atoms with E-state index in [-0.39, 0.29) is 10.6 Å². The summed E-state index contributed by atoms with van der Waals surface area (Å²) in [5, 5.41) is 3.96. The van der Waals surface area contributed by atoms with E-state index in [0.717, 1.165) is 4.31 Å². The molecule has 1 N–H and O–H groups in total. The highest BCUT2D eigenvalue weighted by Crippen LogP contribution is 2.28. The third kappa shape index (κ3) is 6.63. The molecular formula is C26H27N3O6S. The number of carbonyl (C=O) groups excluding carboxylic acids is 1. The minimum atomic E-state index is -4.05. The second-order valence-electron chi connectivity index (χ2n) is 7.33. The van der Waals surface area contributed by atoms with E-state index in [0.29, 0.717) is 29.4 Å². The Kier molecular flexibility index (Phi) is 9.07. The number of anilines is 1. The fourth-order valence-corrected chi connectivity index (χ4v) is 4.61. The molecule has 0 bridgehead atoms. The fourth-order valence-electron chi connectivity index (χ4n) is 3.18. The van der Waals surface area contributed by atoms with E-state index < -0.39 is 22.5 Å². The molecule has 0 atom stereocenters. The van der Waals surface area contributed by atoms with Gasteiger partial charge in [-0.2, -0.15) is 5.10 Å². The number of ether oxygens (including phenoxy) is 3. The minimum absolute atomic E-state index is 0.0509. The Labute approximate surface area is 210 Å². The van der Waals surface area contributed by atoms with Crippen LogP contribution in [0.4, 0.5) is 5.69 Å². The maximum Gasteiger partial charge on any atom is 0.264 e. The molecule has 0 saturated carbocycles. The zero-order valence-electron chi connectivity index (χ0n) is 20.0. The van der Waals surface area contributed by atoms with Gasteiger partial charge in [-0.05, 0) is 48.0 Å². The molecule has 0 spiro atoms. The number of hydrogen-bond donors (Lipinski definition) is 1. The lowest BCUT2D eigenvalue weighted by Gasteiger charge is -2.24. The number of hydrogen-bond acceptors (Lipinski definition) is 7. The lowest BCUT2D eigenvalue weighted by molar-refractivity contribution is -0.119. The Morgan fingerprint density at radius 1 is 1.00 bits per heavy atom. The maximum absolute atomic E-state index is 13.4.